The summed E-state index contributed by atoms with van der Waals surface area (Å²) in [5.41, 5.74) is 0.0668. The number of nitrogens with zero attached hydrogens (tertiary/aromatic N) is 5. The van der Waals surface area contributed by atoms with Crippen molar-refractivity contribution in [1.29, 1.82) is 0 Å². The molecule has 0 radical (unpaired) electrons. The molecule has 9 nitrogen and oxygen atoms in total. The number of rotatable bonds is 5. The molecule has 3 heterocycles. The highest BCUT2D eigenvalue weighted by Gasteiger charge is 2.36. The maximum Gasteiger partial charge on any atom is 0.418 e. The van der Waals surface area contributed by atoms with Gasteiger partial charge in [0, 0.05) is 63.3 Å². The molecule has 2 aromatic rings. The number of carbonyl (C=O) groups excluding carboxylic acids is 1. The number of carbonyl (C=O) groups is 1. The Labute approximate surface area is 213 Å². The predicted molar refractivity (Wildman–Crippen MR) is 131 cm³/mol. The van der Waals surface area contributed by atoms with Gasteiger partial charge in [-0.25, -0.2) is 17.6 Å². The fourth-order valence-corrected chi connectivity index (χ4v) is 5.21. The molecule has 2 saturated heterocycles. The first kappa shape index (κ1) is 27.2. The molecule has 14 heteroatoms. The smallest absolute Gasteiger partial charge is 0.371 e. The number of hydrogen-bond donors (Lipinski definition) is 1. The summed E-state index contributed by atoms with van der Waals surface area (Å²) in [5, 5.41) is 3.97. The zero-order valence-electron chi connectivity index (χ0n) is 20.6. The van der Waals surface area contributed by atoms with Crippen LogP contribution in [0.15, 0.2) is 30.5 Å². The number of halogens is 4. The molecule has 0 aliphatic carbocycles. The minimum atomic E-state index is -4.51. The van der Waals surface area contributed by atoms with Crippen LogP contribution in [0.1, 0.15) is 30.9 Å². The number of hydrogen-bond acceptors (Lipinski definition) is 6. The third kappa shape index (κ3) is 6.72. The van der Waals surface area contributed by atoms with Crippen LogP contribution in [-0.4, -0.2) is 85.2 Å². The lowest BCUT2D eigenvalue weighted by Gasteiger charge is -2.40. The molecular weight excluding hydrogens is 516 g/mol. The minimum Gasteiger partial charge on any atom is -0.371 e. The Hall–Kier alpha value is -2.87. The lowest BCUT2D eigenvalue weighted by Crippen LogP contribution is -2.54. The van der Waals surface area contributed by atoms with Crippen molar-refractivity contribution in [2.24, 2.45) is 0 Å². The third-order valence-electron chi connectivity index (χ3n) is 6.63. The van der Waals surface area contributed by atoms with Crippen LogP contribution < -0.4 is 9.62 Å². The van der Waals surface area contributed by atoms with Crippen LogP contribution in [0.25, 0.3) is 0 Å². The summed E-state index contributed by atoms with van der Waals surface area (Å²) in [4.78, 5) is 18.1. The highest BCUT2D eigenvalue weighted by atomic mass is 32.2. The van der Waals surface area contributed by atoms with Gasteiger partial charge in [-0.2, -0.15) is 17.9 Å². The van der Waals surface area contributed by atoms with Crippen molar-refractivity contribution in [2.75, 3.05) is 48.6 Å². The van der Waals surface area contributed by atoms with Crippen LogP contribution in [0.5, 0.6) is 0 Å². The van der Waals surface area contributed by atoms with E-state index in [4.69, 9.17) is 0 Å². The van der Waals surface area contributed by atoms with E-state index in [0.717, 1.165) is 17.0 Å². The van der Waals surface area contributed by atoms with Crippen molar-refractivity contribution < 1.29 is 30.8 Å². The first-order valence-electron chi connectivity index (χ1n) is 12.0. The van der Waals surface area contributed by atoms with Crippen LogP contribution in [-0.2, 0) is 22.7 Å². The summed E-state index contributed by atoms with van der Waals surface area (Å²) >= 11 is 0. The minimum absolute atomic E-state index is 0.0383. The molecule has 0 saturated carbocycles. The van der Waals surface area contributed by atoms with Gasteiger partial charge >= 0.3 is 12.2 Å². The Bertz CT molecular complexity index is 1230. The van der Waals surface area contributed by atoms with Crippen LogP contribution in [0.3, 0.4) is 0 Å². The number of nitrogens with one attached hydrogen (secondary N) is 1. The molecule has 37 heavy (non-hydrogen) atoms. The maximum atomic E-state index is 13.7. The van der Waals surface area contributed by atoms with Gasteiger partial charge in [-0.15, -0.1) is 5.10 Å². The molecular formula is C23H30F4N6O3S. The van der Waals surface area contributed by atoms with Crippen molar-refractivity contribution in [3.05, 3.63) is 41.6 Å². The lowest BCUT2D eigenvalue weighted by atomic mass is 10.0. The molecule has 0 spiro atoms. The summed E-state index contributed by atoms with van der Waals surface area (Å²) in [6.07, 6.45) is -2.73. The summed E-state index contributed by atoms with van der Waals surface area (Å²) in [6.45, 7) is 4.03. The van der Waals surface area contributed by atoms with E-state index in [9.17, 15) is 30.8 Å². The average Bonchev–Trinajstić information content (AvgIpc) is 3.26. The third-order valence-corrected chi connectivity index (χ3v) is 7.21. The van der Waals surface area contributed by atoms with E-state index in [0.29, 0.717) is 31.7 Å². The Balaban J connectivity index is 1.43. The molecule has 1 amide bonds. The first-order valence-corrected chi connectivity index (χ1v) is 13.9. The van der Waals surface area contributed by atoms with Gasteiger partial charge in [0.15, 0.2) is 5.82 Å². The highest BCUT2D eigenvalue weighted by Crippen LogP contribution is 2.38. The molecule has 1 N–H and O–H groups in total. The van der Waals surface area contributed by atoms with Gasteiger partial charge in [0.25, 0.3) is 0 Å². The molecule has 1 atom stereocenters. The number of aromatic nitrogens is 2. The monoisotopic (exact) mass is 546 g/mol. The summed E-state index contributed by atoms with van der Waals surface area (Å²) in [5.74, 6) is 0.0383. The Kier molecular flexibility index (Phi) is 7.70. The molecule has 204 valence electrons. The van der Waals surface area contributed by atoms with Crippen molar-refractivity contribution in [2.45, 2.75) is 44.7 Å². The SMILES string of the molecule is C[C@H]1CN(C(=O)n2ccc(NS(C)(=O)=O)n2)CCN1Cc1ccc(C(F)(F)F)c(N2CCC(F)CC2)c1. The lowest BCUT2D eigenvalue weighted by molar-refractivity contribution is -0.137. The molecule has 0 unspecified atom stereocenters. The second-order valence-electron chi connectivity index (χ2n) is 9.58. The van der Waals surface area contributed by atoms with Crippen molar-refractivity contribution in [1.82, 2.24) is 19.6 Å². The molecule has 4 rings (SSSR count). The van der Waals surface area contributed by atoms with Crippen LogP contribution in [0, 0.1) is 0 Å². The topological polar surface area (TPSA) is 90.8 Å². The Morgan fingerprint density at radius 1 is 1.14 bits per heavy atom. The van der Waals surface area contributed by atoms with Gasteiger partial charge in [0.05, 0.1) is 11.8 Å². The fraction of sp³-hybridized carbons (Fsp3) is 0.565. The van der Waals surface area contributed by atoms with Gasteiger partial charge in [0.1, 0.15) is 6.17 Å². The zero-order chi connectivity index (χ0) is 27.0. The van der Waals surface area contributed by atoms with E-state index in [1.165, 1.54) is 18.3 Å². The van der Waals surface area contributed by atoms with Crippen LogP contribution >= 0.6 is 0 Å². The second kappa shape index (κ2) is 10.5. The quantitative estimate of drug-likeness (QED) is 0.579. The number of amides is 1. The fourth-order valence-electron chi connectivity index (χ4n) is 4.72. The van der Waals surface area contributed by atoms with E-state index >= 15 is 0 Å². The maximum absolute atomic E-state index is 13.7. The number of piperazine rings is 1. The first-order chi connectivity index (χ1) is 17.3. The highest BCUT2D eigenvalue weighted by molar-refractivity contribution is 7.92. The number of benzene rings is 1. The molecule has 2 aliphatic heterocycles. The van der Waals surface area contributed by atoms with Gasteiger partial charge < -0.3 is 9.80 Å². The largest absolute Gasteiger partial charge is 0.418 e. The van der Waals surface area contributed by atoms with E-state index in [1.807, 2.05) is 6.92 Å². The average molecular weight is 547 g/mol. The van der Waals surface area contributed by atoms with Crippen molar-refractivity contribution >= 4 is 27.6 Å². The second-order valence-corrected chi connectivity index (χ2v) is 11.3. The summed E-state index contributed by atoms with van der Waals surface area (Å²) in [7, 11) is -3.52. The molecule has 2 fully saturated rings. The molecule has 2 aliphatic rings. The van der Waals surface area contributed by atoms with Gasteiger partial charge in [0.2, 0.25) is 10.0 Å². The standard InChI is InChI=1S/C23H30F4N6O3S/c1-16-14-32(22(34)33-10-7-21(28-33)29-37(2,35)36)12-11-31(16)15-17-3-4-19(23(25,26)27)20(13-17)30-8-5-18(24)6-9-30/h3-4,7,10,13,16,18H,5-6,8-9,11-12,14-15H2,1-2H3,(H,28,29)/t16-/m0/s1. The summed E-state index contributed by atoms with van der Waals surface area (Å²) in [6, 6.07) is 5.01. The van der Waals surface area contributed by atoms with E-state index in [1.54, 1.807) is 15.9 Å². The molecule has 1 aromatic carbocycles. The van der Waals surface area contributed by atoms with E-state index < -0.39 is 34.0 Å². The molecule has 1 aromatic heterocycles. The normalized spacial score (nSPS) is 20.3. The van der Waals surface area contributed by atoms with Crippen LogP contribution in [0.2, 0.25) is 0 Å². The van der Waals surface area contributed by atoms with E-state index in [-0.39, 0.29) is 43.5 Å². The number of alkyl halides is 4. The van der Waals surface area contributed by atoms with Crippen LogP contribution in [0.4, 0.5) is 33.9 Å². The molecule has 0 bridgehead atoms. The Morgan fingerprint density at radius 2 is 1.84 bits per heavy atom. The number of sulfonamides is 1. The van der Waals surface area contributed by atoms with E-state index in [2.05, 4.69) is 14.7 Å². The van der Waals surface area contributed by atoms with Gasteiger partial charge in [-0.05, 0) is 37.5 Å². The summed E-state index contributed by atoms with van der Waals surface area (Å²) < 4.78 is 80.7. The van der Waals surface area contributed by atoms with Gasteiger partial charge in [-0.3, -0.25) is 9.62 Å². The van der Waals surface area contributed by atoms with Crippen molar-refractivity contribution in [3.63, 3.8) is 0 Å². The Morgan fingerprint density at radius 3 is 2.46 bits per heavy atom. The number of anilines is 2. The van der Waals surface area contributed by atoms with Gasteiger partial charge in [-0.1, -0.05) is 6.07 Å². The van der Waals surface area contributed by atoms with Crippen molar-refractivity contribution in [3.8, 4) is 0 Å². The number of piperidine rings is 1. The predicted octanol–water partition coefficient (Wildman–Crippen LogP) is 3.39. The zero-order valence-corrected chi connectivity index (χ0v) is 21.4.